The molecule has 0 bridgehead atoms. The zero-order chi connectivity index (χ0) is 20.6. The molecule has 1 rings (SSSR count). The summed E-state index contributed by atoms with van der Waals surface area (Å²) >= 11 is -9.81. The van der Waals surface area contributed by atoms with Crippen molar-refractivity contribution in [3.8, 4) is 0 Å². The van der Waals surface area contributed by atoms with Gasteiger partial charge >= 0.3 is 159 Å². The molecule has 26 heavy (non-hydrogen) atoms. The van der Waals surface area contributed by atoms with Crippen LogP contribution in [0, 0.1) is 0 Å². The average Bonchev–Trinajstić information content (AvgIpc) is 2.25. The van der Waals surface area contributed by atoms with E-state index in [9.17, 15) is 52.7 Å². The van der Waals surface area contributed by atoms with Crippen molar-refractivity contribution in [3.05, 3.63) is 0 Å². The Kier molecular flexibility index (Phi) is 7.68. The van der Waals surface area contributed by atoms with Gasteiger partial charge in [0.25, 0.3) is 0 Å². The summed E-state index contributed by atoms with van der Waals surface area (Å²) in [5.74, 6) is 0. The van der Waals surface area contributed by atoms with Gasteiger partial charge < -0.3 is 0 Å². The van der Waals surface area contributed by atoms with Gasteiger partial charge in [-0.05, 0) is 0 Å². The summed E-state index contributed by atoms with van der Waals surface area (Å²) in [4.78, 5) is 4.14. The molecule has 0 aliphatic heterocycles. The zero-order valence-electron chi connectivity index (χ0n) is 11.1. The molecule has 18 heteroatoms. The Labute approximate surface area is 158 Å². The topological polar surface area (TPSA) is 25.8 Å². The van der Waals surface area contributed by atoms with Crippen molar-refractivity contribution in [2.45, 2.75) is 25.6 Å². The Hall–Kier alpha value is 0.148. The number of aromatic nitrogens is 2. The van der Waals surface area contributed by atoms with E-state index in [1.54, 1.807) is 0 Å². The fraction of sp³-hybridized carbons (Fsp3) is 0.500. The first-order valence-corrected chi connectivity index (χ1v) is 11.3. The van der Waals surface area contributed by atoms with Gasteiger partial charge in [0, 0.05) is 0 Å². The van der Waals surface area contributed by atoms with Crippen molar-refractivity contribution in [2.24, 2.45) is 0 Å². The van der Waals surface area contributed by atoms with E-state index in [2.05, 4.69) is 9.97 Å². The molecule has 1 heterocycles. The monoisotopic (exact) mass is 624 g/mol. The standard InChI is InChI=1S/C8F12N2SSe3/c9-5(10,11)23-1-2(24-6(12,13)14)21-4(26-8(18,19)20)22-3(1)25-7(15,16)17. The van der Waals surface area contributed by atoms with Crippen molar-refractivity contribution in [2.75, 3.05) is 0 Å². The maximum absolute atomic E-state index is 12.5. The van der Waals surface area contributed by atoms with Gasteiger partial charge in [-0.1, -0.05) is 0 Å². The van der Waals surface area contributed by atoms with Gasteiger partial charge in [0.2, 0.25) is 0 Å². The number of alkyl halides is 12. The number of nitrogens with zero attached hydrogens (tertiary/aromatic N) is 2. The van der Waals surface area contributed by atoms with E-state index in [1.807, 2.05) is 0 Å². The minimum atomic E-state index is -5.28. The third-order valence-corrected chi connectivity index (χ3v) is 7.31. The summed E-state index contributed by atoms with van der Waals surface area (Å²) in [6, 6.07) is 0. The van der Waals surface area contributed by atoms with Crippen LogP contribution in [0.25, 0.3) is 0 Å². The van der Waals surface area contributed by atoms with Crippen LogP contribution in [0.3, 0.4) is 0 Å². The molecular formula is C8F12N2SSe3. The normalized spacial score (nSPS) is 14.0. The Bertz CT molecular complexity index is 600. The zero-order valence-corrected chi connectivity index (χ0v) is 17.0. The summed E-state index contributed by atoms with van der Waals surface area (Å²) in [5, 5.41) is -15.3. The second-order valence-corrected chi connectivity index (χ2v) is 11.3. The van der Waals surface area contributed by atoms with Crippen LogP contribution in [0.5, 0.6) is 0 Å². The molecule has 0 unspecified atom stereocenters. The summed E-state index contributed by atoms with van der Waals surface area (Å²) in [5.41, 5.74) is -5.28. The summed E-state index contributed by atoms with van der Waals surface area (Å²) < 4.78 is 146. The van der Waals surface area contributed by atoms with E-state index in [4.69, 9.17) is 0 Å². The molecule has 0 N–H and O–H groups in total. The quantitative estimate of drug-likeness (QED) is 0.291. The van der Waals surface area contributed by atoms with Crippen LogP contribution in [-0.2, 0) is 0 Å². The third-order valence-electron chi connectivity index (χ3n) is 1.63. The van der Waals surface area contributed by atoms with Gasteiger partial charge in [0.15, 0.2) is 0 Å². The first-order chi connectivity index (χ1) is 11.3. The molecule has 0 aliphatic rings. The number of hydrogen-bond donors (Lipinski definition) is 0. The Morgan fingerprint density at radius 1 is 0.577 bits per heavy atom. The summed E-state index contributed by atoms with van der Waals surface area (Å²) in [7, 11) is 0. The Morgan fingerprint density at radius 2 is 0.923 bits per heavy atom. The van der Waals surface area contributed by atoms with E-state index >= 15 is 0 Å². The van der Waals surface area contributed by atoms with Crippen molar-refractivity contribution in [1.82, 2.24) is 9.97 Å². The fourth-order valence-corrected chi connectivity index (χ4v) is 6.75. The molecule has 0 saturated heterocycles. The van der Waals surface area contributed by atoms with Gasteiger partial charge in [0.1, 0.15) is 0 Å². The molecule has 0 aromatic carbocycles. The van der Waals surface area contributed by atoms with Gasteiger partial charge in [0.05, 0.1) is 0 Å². The molecule has 0 spiro atoms. The molecule has 0 fully saturated rings. The van der Waals surface area contributed by atoms with Gasteiger partial charge in [-0.3, -0.25) is 0 Å². The molecule has 1 aromatic rings. The van der Waals surface area contributed by atoms with Crippen LogP contribution in [-0.4, -0.2) is 75.6 Å². The fourth-order valence-electron chi connectivity index (χ4n) is 1.10. The first-order valence-electron chi connectivity index (χ1n) is 5.30. The number of halogens is 12. The number of hydrogen-bond acceptors (Lipinski definition) is 3. The van der Waals surface area contributed by atoms with Crippen molar-refractivity contribution in [3.63, 3.8) is 0 Å². The molecule has 0 radical (unpaired) electrons. The summed E-state index contributed by atoms with van der Waals surface area (Å²) in [6.07, 6.45) is 0. The van der Waals surface area contributed by atoms with E-state index in [0.717, 1.165) is 0 Å². The predicted octanol–water partition coefficient (Wildman–Crippen LogP) is 1.64. The SMILES string of the molecule is FC(F)(F)Sc1c([Se]C(F)(F)F)nc([Se]C(F)(F)F)nc1[Se]C(F)(F)F. The van der Waals surface area contributed by atoms with Crippen LogP contribution in [0.1, 0.15) is 0 Å². The molecule has 150 valence electrons. The Morgan fingerprint density at radius 3 is 1.19 bits per heavy atom. The maximum atomic E-state index is 12.5. The van der Waals surface area contributed by atoms with Crippen molar-refractivity contribution in [1.29, 1.82) is 0 Å². The van der Waals surface area contributed by atoms with E-state index in [0.29, 0.717) is 0 Å². The van der Waals surface area contributed by atoms with Gasteiger partial charge in [-0.15, -0.1) is 0 Å². The molecule has 0 saturated carbocycles. The van der Waals surface area contributed by atoms with Crippen molar-refractivity contribution < 1.29 is 52.7 Å². The van der Waals surface area contributed by atoms with Crippen molar-refractivity contribution >= 4 is 70.5 Å². The van der Waals surface area contributed by atoms with Crippen LogP contribution >= 0.6 is 11.8 Å². The van der Waals surface area contributed by atoms with Crippen LogP contribution in [0.4, 0.5) is 52.7 Å². The molecule has 0 aliphatic carbocycles. The summed E-state index contributed by atoms with van der Waals surface area (Å²) in [6.45, 7) is 0. The molecular weight excluding hydrogens is 621 g/mol. The van der Waals surface area contributed by atoms with Crippen LogP contribution < -0.4 is 13.9 Å². The van der Waals surface area contributed by atoms with Crippen LogP contribution in [0.2, 0.25) is 0 Å². The molecule has 1 aromatic heterocycles. The minimum absolute atomic E-state index is 1.31. The third kappa shape index (κ3) is 9.90. The average molecular weight is 621 g/mol. The number of rotatable bonds is 4. The predicted molar refractivity (Wildman–Crippen MR) is 68.3 cm³/mol. The molecule has 0 atom stereocenters. The second kappa shape index (κ2) is 8.26. The molecule has 2 nitrogen and oxygen atoms in total. The van der Waals surface area contributed by atoms with Crippen LogP contribution in [0.15, 0.2) is 4.90 Å². The van der Waals surface area contributed by atoms with E-state index in [1.165, 1.54) is 0 Å². The second-order valence-electron chi connectivity index (χ2n) is 3.64. The van der Waals surface area contributed by atoms with Gasteiger partial charge in [-0.2, -0.15) is 0 Å². The van der Waals surface area contributed by atoms with Gasteiger partial charge in [-0.25, -0.2) is 0 Å². The number of thioether (sulfide) groups is 1. The molecule has 0 amide bonds. The van der Waals surface area contributed by atoms with E-state index < -0.39 is 96.2 Å². The first kappa shape index (κ1) is 24.2. The van der Waals surface area contributed by atoms with E-state index in [-0.39, 0.29) is 0 Å². The Balaban J connectivity index is 3.57.